The van der Waals surface area contributed by atoms with Gasteiger partial charge in [0.15, 0.2) is 0 Å². The van der Waals surface area contributed by atoms with Gasteiger partial charge in [-0.1, -0.05) is 29.3 Å². The lowest BCUT2D eigenvalue weighted by molar-refractivity contribution is 0.459. The minimum absolute atomic E-state index is 0.387. The maximum Gasteiger partial charge on any atom is 0.249 e. The van der Waals surface area contributed by atoms with Crippen LogP contribution in [0.15, 0.2) is 42.6 Å². The van der Waals surface area contributed by atoms with Crippen LogP contribution in [0.5, 0.6) is 11.6 Å². The molecular weight excluding hydrogens is 398 g/mol. The lowest BCUT2D eigenvalue weighted by atomic mass is 10.1. The highest BCUT2D eigenvalue weighted by atomic mass is 35.5. The van der Waals surface area contributed by atoms with Gasteiger partial charge >= 0.3 is 0 Å². The molecule has 0 aliphatic heterocycles. The molecule has 0 saturated heterocycles. The van der Waals surface area contributed by atoms with Crippen molar-refractivity contribution in [3.63, 3.8) is 0 Å². The van der Waals surface area contributed by atoms with Crippen molar-refractivity contribution in [2.24, 2.45) is 7.05 Å². The molecule has 2 heterocycles. The summed E-state index contributed by atoms with van der Waals surface area (Å²) in [6, 6.07) is 13.7. The second kappa shape index (κ2) is 7.69. The van der Waals surface area contributed by atoms with E-state index in [0.29, 0.717) is 39.2 Å². The third-order valence-electron chi connectivity index (χ3n) is 4.83. The molecule has 0 bridgehead atoms. The van der Waals surface area contributed by atoms with E-state index in [2.05, 4.69) is 21.4 Å². The lowest BCUT2D eigenvalue weighted by Gasteiger charge is -2.14. The van der Waals surface area contributed by atoms with E-state index in [9.17, 15) is 5.26 Å². The van der Waals surface area contributed by atoms with Gasteiger partial charge in [0.25, 0.3) is 0 Å². The Bertz CT molecular complexity index is 1280. The van der Waals surface area contributed by atoms with Crippen LogP contribution in [0.25, 0.3) is 11.0 Å². The van der Waals surface area contributed by atoms with E-state index in [1.807, 2.05) is 56.7 Å². The molecule has 0 aliphatic rings. The summed E-state index contributed by atoms with van der Waals surface area (Å²) < 4.78 is 8.11. The van der Waals surface area contributed by atoms with Gasteiger partial charge in [0.05, 0.1) is 16.7 Å². The molecule has 0 unspecified atom stereocenters. The number of fused-ring (bicyclic) bond motifs is 1. The topological polar surface area (TPSA) is 75.8 Å². The van der Waals surface area contributed by atoms with Crippen molar-refractivity contribution >= 4 is 34.3 Å². The zero-order valence-electron chi connectivity index (χ0n) is 17.1. The van der Waals surface area contributed by atoms with Crippen molar-refractivity contribution in [2.75, 3.05) is 5.32 Å². The lowest BCUT2D eigenvalue weighted by Crippen LogP contribution is -2.02. The minimum atomic E-state index is 0.387. The third-order valence-corrected chi connectivity index (χ3v) is 5.11. The van der Waals surface area contributed by atoms with Gasteiger partial charge in [0, 0.05) is 18.9 Å². The SMILES string of the molecule is Cc1ccc(Nc2nc(Oc3c(C)cc(C#N)cc3C)c3c(n2)c(Cl)cn3C)cc1. The van der Waals surface area contributed by atoms with Crippen LogP contribution < -0.4 is 10.1 Å². The molecule has 0 atom stereocenters. The number of benzene rings is 2. The summed E-state index contributed by atoms with van der Waals surface area (Å²) in [4.78, 5) is 9.21. The van der Waals surface area contributed by atoms with Crippen molar-refractivity contribution in [1.82, 2.24) is 14.5 Å². The highest BCUT2D eigenvalue weighted by Crippen LogP contribution is 2.36. The summed E-state index contributed by atoms with van der Waals surface area (Å²) in [7, 11) is 1.87. The predicted octanol–water partition coefficient (Wildman–Crippen LogP) is 5.95. The van der Waals surface area contributed by atoms with E-state index in [1.165, 1.54) is 5.56 Å². The Morgan fingerprint density at radius 3 is 2.37 bits per heavy atom. The van der Waals surface area contributed by atoms with Crippen LogP contribution in [0.4, 0.5) is 11.6 Å². The molecule has 4 rings (SSSR count). The smallest absolute Gasteiger partial charge is 0.249 e. The Hall–Kier alpha value is -3.56. The molecule has 6 nitrogen and oxygen atoms in total. The minimum Gasteiger partial charge on any atom is -0.436 e. The standard InChI is InChI=1S/C23H20ClN5O/c1-13-5-7-17(8-6-13)26-23-27-19-18(24)12-29(4)20(19)22(28-23)30-21-14(2)9-16(11-25)10-15(21)3/h5-10,12H,1-4H3,(H,26,27,28). The summed E-state index contributed by atoms with van der Waals surface area (Å²) in [5.41, 5.74) is 5.62. The Morgan fingerprint density at radius 2 is 1.73 bits per heavy atom. The quantitative estimate of drug-likeness (QED) is 0.443. The van der Waals surface area contributed by atoms with Crippen molar-refractivity contribution in [3.8, 4) is 17.7 Å². The van der Waals surface area contributed by atoms with Crippen LogP contribution in [-0.2, 0) is 7.05 Å². The molecule has 1 N–H and O–H groups in total. The molecule has 0 radical (unpaired) electrons. The average Bonchev–Trinajstić information content (AvgIpc) is 3.00. The van der Waals surface area contributed by atoms with Crippen LogP contribution in [0, 0.1) is 32.1 Å². The summed E-state index contributed by atoms with van der Waals surface area (Å²) in [5, 5.41) is 12.9. The number of nitriles is 1. The van der Waals surface area contributed by atoms with Crippen LogP contribution in [-0.4, -0.2) is 14.5 Å². The average molecular weight is 418 g/mol. The fraction of sp³-hybridized carbons (Fsp3) is 0.174. The number of anilines is 2. The first-order valence-corrected chi connectivity index (χ1v) is 9.79. The van der Waals surface area contributed by atoms with Gasteiger partial charge in [-0.3, -0.25) is 0 Å². The summed E-state index contributed by atoms with van der Waals surface area (Å²) in [6.45, 7) is 5.85. The number of ether oxygens (including phenoxy) is 1. The maximum absolute atomic E-state index is 9.20. The van der Waals surface area contributed by atoms with Crippen LogP contribution >= 0.6 is 11.6 Å². The maximum atomic E-state index is 9.20. The summed E-state index contributed by atoms with van der Waals surface area (Å²) in [5.74, 6) is 1.44. The first kappa shape index (κ1) is 19.7. The first-order valence-electron chi connectivity index (χ1n) is 9.41. The highest BCUT2D eigenvalue weighted by Gasteiger charge is 2.18. The molecule has 0 saturated carbocycles. The van der Waals surface area contributed by atoms with Crippen molar-refractivity contribution < 1.29 is 4.74 Å². The Kier molecular flexibility index (Phi) is 5.06. The Balaban J connectivity index is 1.82. The Labute approximate surface area is 179 Å². The number of hydrogen-bond acceptors (Lipinski definition) is 5. The molecule has 150 valence electrons. The number of halogens is 1. The van der Waals surface area contributed by atoms with E-state index < -0.39 is 0 Å². The predicted molar refractivity (Wildman–Crippen MR) is 119 cm³/mol. The van der Waals surface area contributed by atoms with Gasteiger partial charge in [-0.05, 0) is 56.2 Å². The van der Waals surface area contributed by atoms with Gasteiger partial charge in [0.2, 0.25) is 11.8 Å². The van der Waals surface area contributed by atoms with E-state index >= 15 is 0 Å². The van der Waals surface area contributed by atoms with Crippen LogP contribution in [0.1, 0.15) is 22.3 Å². The molecule has 0 amide bonds. The number of nitrogens with one attached hydrogen (secondary N) is 1. The van der Waals surface area contributed by atoms with E-state index in [-0.39, 0.29) is 0 Å². The van der Waals surface area contributed by atoms with E-state index in [4.69, 9.17) is 16.3 Å². The number of hydrogen-bond donors (Lipinski definition) is 1. The molecule has 0 aliphatic carbocycles. The van der Waals surface area contributed by atoms with Crippen molar-refractivity contribution in [3.05, 3.63) is 69.9 Å². The van der Waals surface area contributed by atoms with Gasteiger partial charge in [-0.15, -0.1) is 0 Å². The van der Waals surface area contributed by atoms with Gasteiger partial charge < -0.3 is 14.6 Å². The van der Waals surface area contributed by atoms with Gasteiger partial charge in [0.1, 0.15) is 16.8 Å². The highest BCUT2D eigenvalue weighted by molar-refractivity contribution is 6.35. The molecule has 7 heteroatoms. The third kappa shape index (κ3) is 3.68. The number of aromatic nitrogens is 3. The van der Waals surface area contributed by atoms with Gasteiger partial charge in [-0.25, -0.2) is 4.98 Å². The van der Waals surface area contributed by atoms with E-state index in [1.54, 1.807) is 18.3 Å². The molecule has 2 aromatic carbocycles. The fourth-order valence-electron chi connectivity index (χ4n) is 3.38. The molecule has 0 spiro atoms. The van der Waals surface area contributed by atoms with E-state index in [0.717, 1.165) is 16.8 Å². The van der Waals surface area contributed by atoms with Crippen LogP contribution in [0.3, 0.4) is 0 Å². The Morgan fingerprint density at radius 1 is 1.07 bits per heavy atom. The number of rotatable bonds is 4. The summed E-state index contributed by atoms with van der Waals surface area (Å²) in [6.07, 6.45) is 1.78. The van der Waals surface area contributed by atoms with Crippen molar-refractivity contribution in [2.45, 2.75) is 20.8 Å². The molecular formula is C23H20ClN5O. The second-order valence-corrected chi connectivity index (χ2v) is 7.69. The fourth-order valence-corrected chi connectivity index (χ4v) is 3.66. The van der Waals surface area contributed by atoms with Gasteiger partial charge in [-0.2, -0.15) is 10.2 Å². The zero-order valence-corrected chi connectivity index (χ0v) is 17.9. The van der Waals surface area contributed by atoms with Crippen LogP contribution in [0.2, 0.25) is 5.02 Å². The number of aryl methyl sites for hydroxylation is 4. The number of nitrogens with zero attached hydrogens (tertiary/aromatic N) is 4. The zero-order chi connectivity index (χ0) is 21.4. The first-order chi connectivity index (χ1) is 14.4. The van der Waals surface area contributed by atoms with Crippen molar-refractivity contribution in [1.29, 1.82) is 5.26 Å². The molecule has 0 fully saturated rings. The molecule has 4 aromatic rings. The normalized spacial score (nSPS) is 10.8. The second-order valence-electron chi connectivity index (χ2n) is 7.28. The molecule has 30 heavy (non-hydrogen) atoms. The monoisotopic (exact) mass is 417 g/mol. The molecule has 2 aromatic heterocycles. The summed E-state index contributed by atoms with van der Waals surface area (Å²) >= 11 is 6.42. The largest absolute Gasteiger partial charge is 0.436 e.